The number of carbonyl (C=O) groups excluding carboxylic acids is 2. The molecule has 7 nitrogen and oxygen atoms in total. The maximum atomic E-state index is 13.3. The molecule has 2 aliphatic heterocycles. The van der Waals surface area contributed by atoms with Crippen molar-refractivity contribution in [2.45, 2.75) is 12.5 Å². The molecule has 0 aliphatic carbocycles. The Morgan fingerprint density at radius 3 is 2.42 bits per heavy atom. The molecule has 1 atom stereocenters. The summed E-state index contributed by atoms with van der Waals surface area (Å²) in [6.07, 6.45) is 3.85. The molecule has 0 saturated carbocycles. The van der Waals surface area contributed by atoms with E-state index < -0.39 is 23.5 Å². The van der Waals surface area contributed by atoms with Crippen molar-refractivity contribution in [3.8, 4) is 0 Å². The SMILES string of the molecule is O=C1C(=O)N(CCCN2CCOCC2)[C@H](c2ccncc2)/C1=C(\O)c1ccc(F)cc1. The molecule has 0 bridgehead atoms. The Balaban J connectivity index is 1.64. The Labute approximate surface area is 179 Å². The number of nitrogens with zero attached hydrogens (tertiary/aromatic N) is 3. The number of aliphatic hydroxyl groups excluding tert-OH is 1. The third-order valence-corrected chi connectivity index (χ3v) is 5.66. The van der Waals surface area contributed by atoms with E-state index in [2.05, 4.69) is 9.88 Å². The smallest absolute Gasteiger partial charge is 0.295 e. The summed E-state index contributed by atoms with van der Waals surface area (Å²) in [7, 11) is 0. The van der Waals surface area contributed by atoms with Crippen LogP contribution in [0.2, 0.25) is 0 Å². The Bertz CT molecular complexity index is 972. The summed E-state index contributed by atoms with van der Waals surface area (Å²) < 4.78 is 18.7. The zero-order valence-corrected chi connectivity index (χ0v) is 17.0. The molecule has 2 aliphatic rings. The third kappa shape index (κ3) is 4.50. The molecule has 3 heterocycles. The van der Waals surface area contributed by atoms with E-state index in [1.807, 2.05) is 0 Å². The second-order valence-corrected chi connectivity index (χ2v) is 7.59. The number of Topliss-reactive ketones (excluding diaryl/α,β-unsaturated/α-hetero) is 1. The number of amides is 1. The van der Waals surface area contributed by atoms with Crippen LogP contribution in [0, 0.1) is 5.82 Å². The number of likely N-dealkylation sites (tertiary alicyclic amines) is 1. The lowest BCUT2D eigenvalue weighted by Gasteiger charge is -2.29. The van der Waals surface area contributed by atoms with Crippen LogP contribution in [-0.2, 0) is 14.3 Å². The molecule has 0 radical (unpaired) electrons. The van der Waals surface area contributed by atoms with Gasteiger partial charge in [0.25, 0.3) is 11.7 Å². The van der Waals surface area contributed by atoms with Crippen molar-refractivity contribution in [1.82, 2.24) is 14.8 Å². The molecule has 31 heavy (non-hydrogen) atoms. The molecule has 2 fully saturated rings. The van der Waals surface area contributed by atoms with Gasteiger partial charge in [-0.15, -0.1) is 0 Å². The van der Waals surface area contributed by atoms with Crippen LogP contribution in [0.4, 0.5) is 4.39 Å². The molecule has 162 valence electrons. The van der Waals surface area contributed by atoms with Gasteiger partial charge in [-0.1, -0.05) is 0 Å². The summed E-state index contributed by atoms with van der Waals surface area (Å²) in [5.74, 6) is -2.15. The maximum absolute atomic E-state index is 13.3. The van der Waals surface area contributed by atoms with Gasteiger partial charge in [-0.25, -0.2) is 4.39 Å². The van der Waals surface area contributed by atoms with E-state index >= 15 is 0 Å². The Kier molecular flexibility index (Phi) is 6.39. The van der Waals surface area contributed by atoms with Crippen molar-refractivity contribution < 1.29 is 23.8 Å². The largest absolute Gasteiger partial charge is 0.507 e. The fraction of sp³-hybridized carbons (Fsp3) is 0.348. The quantitative estimate of drug-likeness (QED) is 0.435. The number of ketones is 1. The number of hydrogen-bond acceptors (Lipinski definition) is 6. The van der Waals surface area contributed by atoms with Crippen molar-refractivity contribution in [3.05, 3.63) is 71.3 Å². The minimum atomic E-state index is -0.741. The Morgan fingerprint density at radius 1 is 1.06 bits per heavy atom. The third-order valence-electron chi connectivity index (χ3n) is 5.66. The second-order valence-electron chi connectivity index (χ2n) is 7.59. The normalized spacial score (nSPS) is 21.6. The van der Waals surface area contributed by atoms with E-state index in [4.69, 9.17) is 4.74 Å². The molecule has 1 N–H and O–H groups in total. The van der Waals surface area contributed by atoms with Gasteiger partial charge < -0.3 is 14.7 Å². The van der Waals surface area contributed by atoms with Gasteiger partial charge >= 0.3 is 0 Å². The molecule has 4 rings (SSSR count). The molecule has 1 aromatic heterocycles. The molecule has 0 unspecified atom stereocenters. The summed E-state index contributed by atoms with van der Waals surface area (Å²) in [6.45, 7) is 4.23. The van der Waals surface area contributed by atoms with E-state index in [-0.39, 0.29) is 16.9 Å². The van der Waals surface area contributed by atoms with Gasteiger partial charge in [-0.2, -0.15) is 0 Å². The van der Waals surface area contributed by atoms with E-state index in [1.54, 1.807) is 24.5 Å². The van der Waals surface area contributed by atoms with Gasteiger partial charge in [0.15, 0.2) is 0 Å². The number of ether oxygens (including phenoxy) is 1. The van der Waals surface area contributed by atoms with E-state index in [0.29, 0.717) is 31.7 Å². The first kappa shape index (κ1) is 21.1. The van der Waals surface area contributed by atoms with E-state index in [9.17, 15) is 19.1 Å². The molecule has 2 saturated heterocycles. The average molecular weight is 425 g/mol. The highest BCUT2D eigenvalue weighted by atomic mass is 19.1. The highest BCUT2D eigenvalue weighted by molar-refractivity contribution is 6.46. The van der Waals surface area contributed by atoms with Crippen molar-refractivity contribution in [2.75, 3.05) is 39.4 Å². The van der Waals surface area contributed by atoms with Gasteiger partial charge in [0, 0.05) is 44.1 Å². The predicted molar refractivity (Wildman–Crippen MR) is 112 cm³/mol. The number of rotatable bonds is 6. The van der Waals surface area contributed by atoms with Gasteiger partial charge in [0.2, 0.25) is 0 Å². The molecule has 1 aromatic carbocycles. The van der Waals surface area contributed by atoms with Crippen LogP contribution in [0.5, 0.6) is 0 Å². The van der Waals surface area contributed by atoms with Crippen LogP contribution < -0.4 is 0 Å². The summed E-state index contributed by atoms with van der Waals surface area (Å²) in [4.78, 5) is 33.6. The average Bonchev–Trinajstić information content (AvgIpc) is 3.05. The van der Waals surface area contributed by atoms with E-state index in [0.717, 1.165) is 19.6 Å². The summed E-state index contributed by atoms with van der Waals surface area (Å²) in [5.41, 5.74) is 0.977. The van der Waals surface area contributed by atoms with Crippen LogP contribution in [0.3, 0.4) is 0 Å². The molecule has 1 amide bonds. The fourth-order valence-corrected chi connectivity index (χ4v) is 4.06. The minimum Gasteiger partial charge on any atom is -0.507 e. The van der Waals surface area contributed by atoms with Crippen molar-refractivity contribution in [2.24, 2.45) is 0 Å². The highest BCUT2D eigenvalue weighted by Crippen LogP contribution is 2.39. The number of carbonyl (C=O) groups is 2. The van der Waals surface area contributed by atoms with Crippen molar-refractivity contribution in [3.63, 3.8) is 0 Å². The number of aromatic nitrogens is 1. The second kappa shape index (κ2) is 9.36. The van der Waals surface area contributed by atoms with Crippen LogP contribution >= 0.6 is 0 Å². The predicted octanol–water partition coefficient (Wildman–Crippen LogP) is 2.36. The summed E-state index contributed by atoms with van der Waals surface area (Å²) in [5, 5.41) is 10.9. The molecular formula is C23H24FN3O4. The number of morpholine rings is 1. The van der Waals surface area contributed by atoms with Crippen LogP contribution in [0.1, 0.15) is 23.6 Å². The molecule has 2 aromatic rings. The number of aliphatic hydroxyl groups is 1. The molecular weight excluding hydrogens is 401 g/mol. The lowest BCUT2D eigenvalue weighted by Crippen LogP contribution is -2.38. The lowest BCUT2D eigenvalue weighted by atomic mass is 9.96. The lowest BCUT2D eigenvalue weighted by molar-refractivity contribution is -0.140. The highest BCUT2D eigenvalue weighted by Gasteiger charge is 2.45. The first-order valence-corrected chi connectivity index (χ1v) is 10.3. The van der Waals surface area contributed by atoms with Gasteiger partial charge in [-0.3, -0.25) is 19.5 Å². The Morgan fingerprint density at radius 2 is 1.74 bits per heavy atom. The van der Waals surface area contributed by atoms with Gasteiger partial charge in [0.1, 0.15) is 11.6 Å². The van der Waals surface area contributed by atoms with Crippen LogP contribution in [0.25, 0.3) is 5.76 Å². The zero-order chi connectivity index (χ0) is 21.8. The maximum Gasteiger partial charge on any atom is 0.295 e. The topological polar surface area (TPSA) is 83.0 Å². The summed E-state index contributed by atoms with van der Waals surface area (Å²) in [6, 6.07) is 7.91. The number of halogens is 1. The monoisotopic (exact) mass is 425 g/mol. The van der Waals surface area contributed by atoms with Crippen LogP contribution in [0.15, 0.2) is 54.4 Å². The minimum absolute atomic E-state index is 0.00850. The van der Waals surface area contributed by atoms with Crippen LogP contribution in [-0.4, -0.2) is 71.0 Å². The van der Waals surface area contributed by atoms with Crippen molar-refractivity contribution >= 4 is 17.4 Å². The van der Waals surface area contributed by atoms with Gasteiger partial charge in [0.05, 0.1) is 24.8 Å². The fourth-order valence-electron chi connectivity index (χ4n) is 4.06. The Hall–Kier alpha value is -3.10. The number of hydrogen-bond donors (Lipinski definition) is 1. The molecule has 0 spiro atoms. The molecule has 8 heteroatoms. The number of pyridine rings is 1. The van der Waals surface area contributed by atoms with Crippen molar-refractivity contribution in [1.29, 1.82) is 0 Å². The van der Waals surface area contributed by atoms with Gasteiger partial charge in [-0.05, 0) is 48.4 Å². The zero-order valence-electron chi connectivity index (χ0n) is 17.0. The standard InChI is InChI=1S/C23H24FN3O4/c24-18-4-2-17(3-5-18)21(28)19-20(16-6-8-25-9-7-16)27(23(30)22(19)29)11-1-10-26-12-14-31-15-13-26/h2-9,20,28H,1,10-15H2/b21-19+/t20-/m1/s1. The summed E-state index contributed by atoms with van der Waals surface area (Å²) >= 11 is 0. The first-order valence-electron chi connectivity index (χ1n) is 10.3. The first-order chi connectivity index (χ1) is 15.1. The number of benzene rings is 1. The van der Waals surface area contributed by atoms with E-state index in [1.165, 1.54) is 29.2 Å².